The maximum absolute atomic E-state index is 12.6. The van der Waals surface area contributed by atoms with Gasteiger partial charge in [-0.1, -0.05) is 6.07 Å². The van der Waals surface area contributed by atoms with Gasteiger partial charge in [-0.2, -0.15) is 0 Å². The van der Waals surface area contributed by atoms with E-state index >= 15 is 0 Å². The summed E-state index contributed by atoms with van der Waals surface area (Å²) in [5.74, 6) is 1.23. The molecule has 0 saturated carbocycles. The number of benzene rings is 2. The molecule has 0 saturated heterocycles. The third-order valence-corrected chi connectivity index (χ3v) is 4.60. The van der Waals surface area contributed by atoms with Crippen molar-refractivity contribution in [3.05, 3.63) is 71.5 Å². The molecule has 28 heavy (non-hydrogen) atoms. The normalized spacial score (nSPS) is 12.4. The van der Waals surface area contributed by atoms with Gasteiger partial charge in [0, 0.05) is 23.6 Å². The Bertz CT molecular complexity index is 1030. The molecule has 6 nitrogen and oxygen atoms in total. The second-order valence-corrected chi connectivity index (χ2v) is 6.70. The number of amides is 1. The van der Waals surface area contributed by atoms with Crippen LogP contribution in [0.15, 0.2) is 54.9 Å². The summed E-state index contributed by atoms with van der Waals surface area (Å²) >= 11 is 0. The standard InChI is InChI=1S/C22H21N3O3/c1-14-3-4-17(9-15(14)2)25-22(26)16-10-19(13-23-12-16)24-18-5-6-20-21(11-18)28-8-7-27-20/h3-6,9-13,24H,7-8H2,1-2H3,(H,25,26). The number of nitrogens with one attached hydrogen (secondary N) is 2. The van der Waals surface area contributed by atoms with Gasteiger partial charge in [-0.25, -0.2) is 0 Å². The van der Waals surface area contributed by atoms with Crippen LogP contribution in [0, 0.1) is 13.8 Å². The number of pyridine rings is 1. The minimum Gasteiger partial charge on any atom is -0.486 e. The predicted octanol–water partition coefficient (Wildman–Crippen LogP) is 4.47. The number of rotatable bonds is 4. The quantitative estimate of drug-likeness (QED) is 0.704. The molecule has 2 aromatic carbocycles. The minimum absolute atomic E-state index is 0.207. The van der Waals surface area contributed by atoms with E-state index in [1.807, 2.05) is 50.2 Å². The van der Waals surface area contributed by atoms with E-state index in [9.17, 15) is 4.79 Å². The van der Waals surface area contributed by atoms with E-state index in [0.717, 1.165) is 22.7 Å². The van der Waals surface area contributed by atoms with Crippen molar-refractivity contribution in [3.63, 3.8) is 0 Å². The fourth-order valence-corrected chi connectivity index (χ4v) is 2.94. The van der Waals surface area contributed by atoms with Crippen molar-refractivity contribution in [1.29, 1.82) is 0 Å². The number of anilines is 3. The zero-order valence-electron chi connectivity index (χ0n) is 15.8. The number of fused-ring (bicyclic) bond motifs is 1. The number of carbonyl (C=O) groups excluding carboxylic acids is 1. The van der Waals surface area contributed by atoms with Crippen LogP contribution in [0.25, 0.3) is 0 Å². The van der Waals surface area contributed by atoms with Crippen LogP contribution in [0.1, 0.15) is 21.5 Å². The molecule has 2 N–H and O–H groups in total. The van der Waals surface area contributed by atoms with E-state index in [1.165, 1.54) is 5.56 Å². The molecule has 0 spiro atoms. The van der Waals surface area contributed by atoms with Crippen LogP contribution in [-0.4, -0.2) is 24.1 Å². The second kappa shape index (κ2) is 7.60. The van der Waals surface area contributed by atoms with E-state index in [0.29, 0.717) is 30.2 Å². The maximum atomic E-state index is 12.6. The average molecular weight is 375 g/mol. The summed E-state index contributed by atoms with van der Waals surface area (Å²) in [6.07, 6.45) is 3.22. The monoisotopic (exact) mass is 375 g/mol. The van der Waals surface area contributed by atoms with Crippen molar-refractivity contribution >= 4 is 23.0 Å². The molecule has 0 bridgehead atoms. The molecular formula is C22H21N3O3. The number of ether oxygens (including phenoxy) is 2. The van der Waals surface area contributed by atoms with Crippen LogP contribution in [0.3, 0.4) is 0 Å². The first-order valence-corrected chi connectivity index (χ1v) is 9.09. The van der Waals surface area contributed by atoms with Gasteiger partial charge in [-0.3, -0.25) is 9.78 Å². The Morgan fingerprint density at radius 2 is 1.64 bits per heavy atom. The first kappa shape index (κ1) is 17.9. The zero-order valence-corrected chi connectivity index (χ0v) is 15.8. The minimum atomic E-state index is -0.207. The van der Waals surface area contributed by atoms with E-state index in [1.54, 1.807) is 18.5 Å². The largest absolute Gasteiger partial charge is 0.486 e. The van der Waals surface area contributed by atoms with E-state index in [4.69, 9.17) is 9.47 Å². The van der Waals surface area contributed by atoms with Crippen molar-refractivity contribution in [2.75, 3.05) is 23.8 Å². The molecule has 6 heteroatoms. The van der Waals surface area contributed by atoms with Crippen LogP contribution >= 0.6 is 0 Å². The SMILES string of the molecule is Cc1ccc(NC(=O)c2cncc(Nc3ccc4c(c3)OCCO4)c2)cc1C. The highest BCUT2D eigenvalue weighted by Crippen LogP contribution is 2.33. The number of hydrogen-bond acceptors (Lipinski definition) is 5. The molecule has 2 heterocycles. The van der Waals surface area contributed by atoms with Gasteiger partial charge in [0.25, 0.3) is 5.91 Å². The fourth-order valence-electron chi connectivity index (χ4n) is 2.94. The molecule has 0 aliphatic carbocycles. The van der Waals surface area contributed by atoms with Crippen LogP contribution in [0.4, 0.5) is 17.1 Å². The molecule has 0 radical (unpaired) electrons. The Kier molecular flexibility index (Phi) is 4.85. The van der Waals surface area contributed by atoms with Gasteiger partial charge in [-0.05, 0) is 55.3 Å². The van der Waals surface area contributed by atoms with Gasteiger partial charge in [0.15, 0.2) is 11.5 Å². The summed E-state index contributed by atoms with van der Waals surface area (Å²) in [5, 5.41) is 6.17. The summed E-state index contributed by atoms with van der Waals surface area (Å²) in [6.45, 7) is 5.15. The number of carbonyl (C=O) groups is 1. The van der Waals surface area contributed by atoms with Gasteiger partial charge < -0.3 is 20.1 Å². The van der Waals surface area contributed by atoms with Crippen molar-refractivity contribution in [2.45, 2.75) is 13.8 Å². The van der Waals surface area contributed by atoms with Gasteiger partial charge in [0.05, 0.1) is 17.4 Å². The Morgan fingerprint density at radius 3 is 2.46 bits per heavy atom. The molecule has 142 valence electrons. The number of nitrogens with zero attached hydrogens (tertiary/aromatic N) is 1. The summed E-state index contributed by atoms with van der Waals surface area (Å²) in [6, 6.07) is 13.2. The molecule has 0 unspecified atom stereocenters. The smallest absolute Gasteiger partial charge is 0.257 e. The average Bonchev–Trinajstić information content (AvgIpc) is 2.71. The van der Waals surface area contributed by atoms with Gasteiger partial charge in [-0.15, -0.1) is 0 Å². The van der Waals surface area contributed by atoms with Gasteiger partial charge in [0.2, 0.25) is 0 Å². The molecule has 4 rings (SSSR count). The zero-order chi connectivity index (χ0) is 19.5. The first-order chi connectivity index (χ1) is 13.6. The molecular weight excluding hydrogens is 354 g/mol. The van der Waals surface area contributed by atoms with Gasteiger partial charge >= 0.3 is 0 Å². The molecule has 1 aliphatic rings. The molecule has 1 amide bonds. The lowest BCUT2D eigenvalue weighted by atomic mass is 10.1. The van der Waals surface area contributed by atoms with Crippen molar-refractivity contribution < 1.29 is 14.3 Å². The van der Waals surface area contributed by atoms with Crippen LogP contribution in [-0.2, 0) is 0 Å². The molecule has 0 fully saturated rings. The Balaban J connectivity index is 1.49. The molecule has 0 atom stereocenters. The van der Waals surface area contributed by atoms with Crippen LogP contribution in [0.5, 0.6) is 11.5 Å². The number of aryl methyl sites for hydroxylation is 2. The second-order valence-electron chi connectivity index (χ2n) is 6.70. The topological polar surface area (TPSA) is 72.5 Å². The molecule has 1 aromatic heterocycles. The summed E-state index contributed by atoms with van der Waals surface area (Å²) in [7, 11) is 0. The number of aromatic nitrogens is 1. The highest BCUT2D eigenvalue weighted by molar-refractivity contribution is 6.04. The maximum Gasteiger partial charge on any atom is 0.257 e. The lowest BCUT2D eigenvalue weighted by Gasteiger charge is -2.19. The van der Waals surface area contributed by atoms with E-state index in [-0.39, 0.29) is 5.91 Å². The summed E-state index contributed by atoms with van der Waals surface area (Å²) < 4.78 is 11.1. The van der Waals surface area contributed by atoms with E-state index in [2.05, 4.69) is 15.6 Å². The lowest BCUT2D eigenvalue weighted by Crippen LogP contribution is -2.15. The Hall–Kier alpha value is -3.54. The highest BCUT2D eigenvalue weighted by atomic mass is 16.6. The van der Waals surface area contributed by atoms with Crippen LogP contribution in [0.2, 0.25) is 0 Å². The summed E-state index contributed by atoms with van der Waals surface area (Å²) in [4.78, 5) is 16.8. The Morgan fingerprint density at radius 1 is 0.857 bits per heavy atom. The first-order valence-electron chi connectivity index (χ1n) is 9.09. The van der Waals surface area contributed by atoms with Crippen molar-refractivity contribution in [1.82, 2.24) is 4.98 Å². The van der Waals surface area contributed by atoms with E-state index < -0.39 is 0 Å². The third-order valence-electron chi connectivity index (χ3n) is 4.60. The fraction of sp³-hybridized carbons (Fsp3) is 0.182. The molecule has 1 aliphatic heterocycles. The highest BCUT2D eigenvalue weighted by Gasteiger charge is 2.13. The lowest BCUT2D eigenvalue weighted by molar-refractivity contribution is 0.102. The number of hydrogen-bond donors (Lipinski definition) is 2. The third kappa shape index (κ3) is 3.91. The predicted molar refractivity (Wildman–Crippen MR) is 109 cm³/mol. The van der Waals surface area contributed by atoms with Crippen LogP contribution < -0.4 is 20.1 Å². The Labute approximate surface area is 163 Å². The van der Waals surface area contributed by atoms with Crippen molar-refractivity contribution in [2.24, 2.45) is 0 Å². The van der Waals surface area contributed by atoms with Gasteiger partial charge in [0.1, 0.15) is 13.2 Å². The van der Waals surface area contributed by atoms with Crippen molar-refractivity contribution in [3.8, 4) is 11.5 Å². The molecule has 3 aromatic rings. The summed E-state index contributed by atoms with van der Waals surface area (Å²) in [5.41, 5.74) is 5.09.